The molecule has 1 heterocycles. The monoisotopic (exact) mass is 272 g/mol. The molecule has 106 valence electrons. The molecule has 1 fully saturated rings. The molecular weight excluding hydrogens is 252 g/mol. The summed E-state index contributed by atoms with van der Waals surface area (Å²) in [5.74, 6) is 6.32. The maximum Gasteiger partial charge on any atom is 0.253 e. The number of aliphatic hydroxyl groups is 1. The van der Waals surface area contributed by atoms with Gasteiger partial charge in [-0.1, -0.05) is 18.8 Å². The van der Waals surface area contributed by atoms with Crippen LogP contribution in [0, 0.1) is 17.8 Å². The van der Waals surface area contributed by atoms with E-state index in [9.17, 15) is 4.79 Å². The first-order valence-electron chi connectivity index (χ1n) is 7.04. The predicted molar refractivity (Wildman–Crippen MR) is 77.1 cm³/mol. The minimum Gasteiger partial charge on any atom is -0.395 e. The number of carbonyl (C=O) groups excluding carboxylic acids is 1. The summed E-state index contributed by atoms with van der Waals surface area (Å²) in [6.45, 7) is 2.26. The number of nitrogens with zero attached hydrogens (tertiary/aromatic N) is 1. The molecule has 1 aliphatic rings. The quantitative estimate of drug-likeness (QED) is 0.824. The molecular formula is C16H20N2O2. The first kappa shape index (κ1) is 14.5. The topological polar surface area (TPSA) is 62.2 Å². The number of aliphatic hydroxyl groups excluding tert-OH is 1. The van der Waals surface area contributed by atoms with Crippen LogP contribution < -0.4 is 5.32 Å². The average Bonchev–Trinajstić information content (AvgIpc) is 2.85. The van der Waals surface area contributed by atoms with Crippen LogP contribution in [0.2, 0.25) is 0 Å². The molecule has 0 bridgehead atoms. The van der Waals surface area contributed by atoms with Crippen molar-refractivity contribution in [3.63, 3.8) is 0 Å². The summed E-state index contributed by atoms with van der Waals surface area (Å²) < 4.78 is 0. The van der Waals surface area contributed by atoms with Gasteiger partial charge in [-0.05, 0) is 31.2 Å². The molecule has 4 nitrogen and oxygen atoms in total. The van der Waals surface area contributed by atoms with Crippen molar-refractivity contribution in [1.29, 1.82) is 0 Å². The lowest BCUT2D eigenvalue weighted by atomic mass is 10.1. The number of aromatic nitrogens is 1. The highest BCUT2D eigenvalue weighted by molar-refractivity contribution is 5.94. The Hall–Kier alpha value is -1.86. The molecule has 2 unspecified atom stereocenters. The lowest BCUT2D eigenvalue weighted by Gasteiger charge is -2.12. The molecule has 0 aliphatic heterocycles. The first-order valence-corrected chi connectivity index (χ1v) is 7.04. The maximum atomic E-state index is 12.2. The number of hydrogen-bond acceptors (Lipinski definition) is 3. The molecule has 2 atom stereocenters. The smallest absolute Gasteiger partial charge is 0.253 e. The van der Waals surface area contributed by atoms with Crippen LogP contribution in [0.4, 0.5) is 0 Å². The Morgan fingerprint density at radius 3 is 3.05 bits per heavy atom. The largest absolute Gasteiger partial charge is 0.395 e. The maximum absolute atomic E-state index is 12.2. The number of amides is 1. The van der Waals surface area contributed by atoms with E-state index in [1.807, 2.05) is 0 Å². The van der Waals surface area contributed by atoms with E-state index in [1.54, 1.807) is 18.5 Å². The summed E-state index contributed by atoms with van der Waals surface area (Å²) in [6, 6.07) is 2.02. The van der Waals surface area contributed by atoms with Crippen molar-refractivity contribution in [1.82, 2.24) is 10.3 Å². The van der Waals surface area contributed by atoms with Crippen LogP contribution in [-0.4, -0.2) is 28.6 Å². The second-order valence-corrected chi connectivity index (χ2v) is 5.33. The van der Waals surface area contributed by atoms with E-state index in [0.717, 1.165) is 12.8 Å². The van der Waals surface area contributed by atoms with Gasteiger partial charge in [0.25, 0.3) is 5.91 Å². The highest BCUT2D eigenvalue weighted by atomic mass is 16.2. The summed E-state index contributed by atoms with van der Waals surface area (Å²) in [5, 5.41) is 11.7. The Morgan fingerprint density at radius 1 is 1.50 bits per heavy atom. The van der Waals surface area contributed by atoms with E-state index in [2.05, 4.69) is 29.1 Å². The number of hydrogen-bond donors (Lipinski definition) is 2. The van der Waals surface area contributed by atoms with Gasteiger partial charge in [0.2, 0.25) is 0 Å². The Bertz CT molecular complexity index is 531. The number of pyridine rings is 1. The van der Waals surface area contributed by atoms with Gasteiger partial charge in [0.15, 0.2) is 0 Å². The third kappa shape index (κ3) is 4.07. The summed E-state index contributed by atoms with van der Waals surface area (Å²) in [4.78, 5) is 16.2. The van der Waals surface area contributed by atoms with Crippen molar-refractivity contribution in [2.45, 2.75) is 38.6 Å². The average molecular weight is 272 g/mol. The van der Waals surface area contributed by atoms with E-state index in [-0.39, 0.29) is 18.6 Å². The molecule has 0 saturated heterocycles. The Balaban J connectivity index is 1.99. The number of carbonyl (C=O) groups is 1. The number of nitrogens with one attached hydrogen (secondary N) is 1. The van der Waals surface area contributed by atoms with Crippen molar-refractivity contribution in [2.75, 3.05) is 6.61 Å². The normalized spacial score (nSPS) is 21.1. The molecule has 2 rings (SSSR count). The minimum atomic E-state index is -0.0811. The fourth-order valence-electron chi connectivity index (χ4n) is 2.46. The van der Waals surface area contributed by atoms with Crippen molar-refractivity contribution in [3.05, 3.63) is 29.6 Å². The number of rotatable bonds is 3. The van der Waals surface area contributed by atoms with Gasteiger partial charge in [-0.3, -0.25) is 9.78 Å². The highest BCUT2D eigenvalue weighted by Crippen LogP contribution is 2.24. The lowest BCUT2D eigenvalue weighted by Crippen LogP contribution is -2.32. The van der Waals surface area contributed by atoms with Crippen LogP contribution in [0.3, 0.4) is 0 Å². The van der Waals surface area contributed by atoms with Gasteiger partial charge in [-0.2, -0.15) is 0 Å². The SMILES string of the molecule is CC1CCC(NC(=O)c2cncc(C#CCCO)c2)C1. The minimum absolute atomic E-state index is 0.0421. The van der Waals surface area contributed by atoms with Crippen LogP contribution in [0.25, 0.3) is 0 Å². The molecule has 20 heavy (non-hydrogen) atoms. The second kappa shape index (κ2) is 7.06. The van der Waals surface area contributed by atoms with Gasteiger partial charge in [0.05, 0.1) is 12.2 Å². The van der Waals surface area contributed by atoms with Gasteiger partial charge in [0, 0.05) is 30.4 Å². The van der Waals surface area contributed by atoms with Crippen molar-refractivity contribution in [2.24, 2.45) is 5.92 Å². The summed E-state index contributed by atoms with van der Waals surface area (Å²) in [6.07, 6.45) is 6.89. The van der Waals surface area contributed by atoms with E-state index in [0.29, 0.717) is 23.5 Å². The molecule has 2 N–H and O–H groups in total. The molecule has 4 heteroatoms. The summed E-state index contributed by atoms with van der Waals surface area (Å²) in [5.41, 5.74) is 1.24. The predicted octanol–water partition coefficient (Wildman–Crippen LogP) is 1.73. The Labute approximate surface area is 119 Å². The van der Waals surface area contributed by atoms with Crippen LogP contribution in [0.1, 0.15) is 48.5 Å². The zero-order valence-corrected chi connectivity index (χ0v) is 11.7. The molecule has 0 radical (unpaired) electrons. The fourth-order valence-corrected chi connectivity index (χ4v) is 2.46. The summed E-state index contributed by atoms with van der Waals surface area (Å²) >= 11 is 0. The van der Waals surface area contributed by atoms with E-state index < -0.39 is 0 Å². The highest BCUT2D eigenvalue weighted by Gasteiger charge is 2.23. The third-order valence-corrected chi connectivity index (χ3v) is 3.50. The molecule has 1 aromatic rings. The Kier molecular flexibility index (Phi) is 5.14. The van der Waals surface area contributed by atoms with Gasteiger partial charge in [0.1, 0.15) is 0 Å². The van der Waals surface area contributed by atoms with Crippen LogP contribution in [0.5, 0.6) is 0 Å². The summed E-state index contributed by atoms with van der Waals surface area (Å²) in [7, 11) is 0. The van der Waals surface area contributed by atoms with Crippen molar-refractivity contribution < 1.29 is 9.90 Å². The van der Waals surface area contributed by atoms with Gasteiger partial charge in [-0.25, -0.2) is 0 Å². The molecule has 0 aromatic carbocycles. The van der Waals surface area contributed by atoms with Crippen LogP contribution in [0.15, 0.2) is 18.5 Å². The van der Waals surface area contributed by atoms with Gasteiger partial charge in [-0.15, -0.1) is 0 Å². The van der Waals surface area contributed by atoms with Crippen LogP contribution in [-0.2, 0) is 0 Å². The van der Waals surface area contributed by atoms with Crippen molar-refractivity contribution >= 4 is 5.91 Å². The molecule has 1 aromatic heterocycles. The van der Waals surface area contributed by atoms with E-state index in [1.165, 1.54) is 6.42 Å². The fraction of sp³-hybridized carbons (Fsp3) is 0.500. The molecule has 1 amide bonds. The Morgan fingerprint density at radius 2 is 2.35 bits per heavy atom. The van der Waals surface area contributed by atoms with Crippen LogP contribution >= 0.6 is 0 Å². The lowest BCUT2D eigenvalue weighted by molar-refractivity contribution is 0.0937. The third-order valence-electron chi connectivity index (χ3n) is 3.50. The molecule has 1 aliphatic carbocycles. The van der Waals surface area contributed by atoms with E-state index in [4.69, 9.17) is 5.11 Å². The first-order chi connectivity index (χ1) is 9.69. The molecule has 1 saturated carbocycles. The van der Waals surface area contributed by atoms with Gasteiger partial charge >= 0.3 is 0 Å². The standard InChI is InChI=1S/C16H20N2O2/c1-12-5-6-15(8-12)18-16(20)14-9-13(10-17-11-14)4-2-3-7-19/h9-12,15,19H,3,5-8H2,1H3,(H,18,20). The van der Waals surface area contributed by atoms with Gasteiger partial charge < -0.3 is 10.4 Å². The zero-order valence-electron chi connectivity index (χ0n) is 11.7. The zero-order chi connectivity index (χ0) is 14.4. The second-order valence-electron chi connectivity index (χ2n) is 5.33. The van der Waals surface area contributed by atoms with E-state index >= 15 is 0 Å². The molecule has 0 spiro atoms. The van der Waals surface area contributed by atoms with Crippen molar-refractivity contribution in [3.8, 4) is 11.8 Å².